The summed E-state index contributed by atoms with van der Waals surface area (Å²) in [6, 6.07) is 17.3. The molecular weight excluding hydrogens is 414 g/mol. The first-order chi connectivity index (χ1) is 14.7. The number of rotatable bonds is 7. The monoisotopic (exact) mass is 433 g/mol. The second-order valence-corrected chi connectivity index (χ2v) is 8.28. The molecule has 30 heavy (non-hydrogen) atoms. The molecule has 0 fully saturated rings. The Morgan fingerprint density at radius 3 is 2.70 bits per heavy atom. The van der Waals surface area contributed by atoms with Crippen molar-refractivity contribution in [1.82, 2.24) is 25.1 Å². The number of aromatic nitrogens is 4. The van der Waals surface area contributed by atoms with Crippen LogP contribution >= 0.6 is 24.0 Å². The number of thioether (sulfide) groups is 1. The largest absolute Gasteiger partial charge is 0.367 e. The quantitative estimate of drug-likeness (QED) is 0.346. The lowest BCUT2D eigenvalue weighted by Gasteiger charge is -2.07. The highest BCUT2D eigenvalue weighted by Gasteiger charge is 2.21. The lowest BCUT2D eigenvalue weighted by molar-refractivity contribution is 0.0991. The Kier molecular flexibility index (Phi) is 6.46. The number of carbonyl (C=O) groups excluding carboxylic acids is 1. The van der Waals surface area contributed by atoms with Gasteiger partial charge in [0.05, 0.1) is 11.1 Å². The van der Waals surface area contributed by atoms with Gasteiger partial charge in [-0.05, 0) is 23.8 Å². The second-order valence-electron chi connectivity index (χ2n) is 6.51. The van der Waals surface area contributed by atoms with Crippen LogP contribution in [0, 0.1) is 0 Å². The Morgan fingerprint density at radius 2 is 1.90 bits per heavy atom. The average molecular weight is 434 g/mol. The first-order valence-corrected chi connectivity index (χ1v) is 10.8. The number of nitrogens with one attached hydrogen (secondary N) is 1. The summed E-state index contributed by atoms with van der Waals surface area (Å²) in [5, 5.41) is 12.0. The lowest BCUT2D eigenvalue weighted by Crippen LogP contribution is -2.18. The van der Waals surface area contributed by atoms with Gasteiger partial charge in [0, 0.05) is 42.9 Å². The van der Waals surface area contributed by atoms with E-state index in [0.717, 1.165) is 11.1 Å². The molecule has 1 aromatic carbocycles. The van der Waals surface area contributed by atoms with Gasteiger partial charge in [0.1, 0.15) is 10.0 Å². The van der Waals surface area contributed by atoms with Gasteiger partial charge in [-0.3, -0.25) is 9.78 Å². The standard InChI is InChI=1S/C22H19N5OS2/c28-19(10-13-30-22(29)24-15-16-6-4-11-23-14-16)20-18-9-5-12-25-27(18)26-21(20)17-7-2-1-3-8-17/h1-9,11-12,14H,10,13,15H2,(H,24,29). The third-order valence-corrected chi connectivity index (χ3v) is 5.78. The number of Topliss-reactive ketones (excluding diaryl/α,β-unsaturated/α-hetero) is 1. The van der Waals surface area contributed by atoms with E-state index in [4.69, 9.17) is 12.2 Å². The van der Waals surface area contributed by atoms with E-state index in [1.807, 2.05) is 54.6 Å². The Labute approximate surface area is 183 Å². The van der Waals surface area contributed by atoms with Crippen LogP contribution in [0.25, 0.3) is 16.8 Å². The van der Waals surface area contributed by atoms with Gasteiger partial charge in [-0.2, -0.15) is 9.73 Å². The van der Waals surface area contributed by atoms with Gasteiger partial charge in [0.15, 0.2) is 5.78 Å². The minimum Gasteiger partial charge on any atom is -0.367 e. The Morgan fingerprint density at radius 1 is 1.07 bits per heavy atom. The van der Waals surface area contributed by atoms with Crippen molar-refractivity contribution in [3.63, 3.8) is 0 Å². The van der Waals surface area contributed by atoms with Crippen LogP contribution in [0.15, 0.2) is 73.2 Å². The van der Waals surface area contributed by atoms with Crippen LogP contribution < -0.4 is 5.32 Å². The van der Waals surface area contributed by atoms with Crippen LogP contribution in [0.2, 0.25) is 0 Å². The molecule has 0 aliphatic heterocycles. The fourth-order valence-electron chi connectivity index (χ4n) is 3.06. The number of carbonyl (C=O) groups is 1. The number of thiocarbonyl (C=S) groups is 1. The van der Waals surface area contributed by atoms with Gasteiger partial charge in [0.2, 0.25) is 0 Å². The molecule has 6 nitrogen and oxygen atoms in total. The summed E-state index contributed by atoms with van der Waals surface area (Å²) in [5.41, 5.74) is 3.92. The molecule has 0 saturated heterocycles. The predicted molar refractivity (Wildman–Crippen MR) is 124 cm³/mol. The van der Waals surface area contributed by atoms with Gasteiger partial charge in [-0.25, -0.2) is 0 Å². The molecule has 4 rings (SSSR count). The molecule has 4 aromatic rings. The van der Waals surface area contributed by atoms with Gasteiger partial charge in [0.25, 0.3) is 0 Å². The minimum atomic E-state index is 0.0272. The van der Waals surface area contributed by atoms with E-state index in [1.54, 1.807) is 18.6 Å². The smallest absolute Gasteiger partial charge is 0.168 e. The molecule has 0 unspecified atom stereocenters. The van der Waals surface area contributed by atoms with Crippen molar-refractivity contribution in [3.05, 3.63) is 84.3 Å². The van der Waals surface area contributed by atoms with E-state index in [9.17, 15) is 4.79 Å². The first kappa shape index (κ1) is 20.2. The van der Waals surface area contributed by atoms with E-state index in [-0.39, 0.29) is 5.78 Å². The molecule has 0 saturated carbocycles. The molecule has 150 valence electrons. The van der Waals surface area contributed by atoms with Crippen molar-refractivity contribution in [1.29, 1.82) is 0 Å². The second kappa shape index (κ2) is 9.60. The number of ketones is 1. The summed E-state index contributed by atoms with van der Waals surface area (Å²) < 4.78 is 2.18. The summed E-state index contributed by atoms with van der Waals surface area (Å²) in [6.45, 7) is 0.617. The fourth-order valence-corrected chi connectivity index (χ4v) is 4.03. The lowest BCUT2D eigenvalue weighted by atomic mass is 10.0. The summed E-state index contributed by atoms with van der Waals surface area (Å²) in [5.74, 6) is 0.614. The molecule has 0 aliphatic rings. The number of hydrogen-bond acceptors (Lipinski definition) is 6. The number of benzene rings is 1. The molecule has 8 heteroatoms. The first-order valence-electron chi connectivity index (χ1n) is 9.44. The van der Waals surface area contributed by atoms with Crippen LogP contribution in [0.5, 0.6) is 0 Å². The van der Waals surface area contributed by atoms with E-state index in [2.05, 4.69) is 20.5 Å². The highest BCUT2D eigenvalue weighted by Crippen LogP contribution is 2.27. The van der Waals surface area contributed by atoms with E-state index < -0.39 is 0 Å². The molecule has 3 aromatic heterocycles. The molecule has 0 radical (unpaired) electrons. The van der Waals surface area contributed by atoms with Crippen molar-refractivity contribution < 1.29 is 4.79 Å². The van der Waals surface area contributed by atoms with E-state index in [1.165, 1.54) is 16.4 Å². The van der Waals surface area contributed by atoms with Crippen LogP contribution in [0.4, 0.5) is 0 Å². The zero-order valence-electron chi connectivity index (χ0n) is 16.1. The van der Waals surface area contributed by atoms with Gasteiger partial charge >= 0.3 is 0 Å². The third-order valence-electron chi connectivity index (χ3n) is 4.47. The maximum atomic E-state index is 13.1. The summed E-state index contributed by atoms with van der Waals surface area (Å²) in [4.78, 5) is 17.2. The number of fused-ring (bicyclic) bond motifs is 1. The van der Waals surface area contributed by atoms with Crippen LogP contribution in [0.1, 0.15) is 22.3 Å². The van der Waals surface area contributed by atoms with Crippen LogP contribution in [0.3, 0.4) is 0 Å². The summed E-state index contributed by atoms with van der Waals surface area (Å²) in [7, 11) is 0. The topological polar surface area (TPSA) is 72.2 Å². The van der Waals surface area contributed by atoms with Crippen molar-refractivity contribution in [2.45, 2.75) is 13.0 Å². The summed E-state index contributed by atoms with van der Waals surface area (Å²) in [6.07, 6.45) is 5.55. The zero-order valence-corrected chi connectivity index (χ0v) is 17.7. The number of hydrogen-bond donors (Lipinski definition) is 1. The van der Waals surface area contributed by atoms with Gasteiger partial charge in [-0.1, -0.05) is 60.4 Å². The predicted octanol–water partition coefficient (Wildman–Crippen LogP) is 4.17. The maximum Gasteiger partial charge on any atom is 0.168 e. The van der Waals surface area contributed by atoms with Gasteiger partial charge < -0.3 is 5.32 Å². The Hall–Kier alpha value is -3.10. The molecule has 0 bridgehead atoms. The Bertz CT molecular complexity index is 1160. The normalized spacial score (nSPS) is 10.8. The highest BCUT2D eigenvalue weighted by atomic mass is 32.2. The van der Waals surface area contributed by atoms with Crippen molar-refractivity contribution >= 4 is 39.6 Å². The molecule has 0 amide bonds. The van der Waals surface area contributed by atoms with E-state index >= 15 is 0 Å². The maximum absolute atomic E-state index is 13.1. The van der Waals surface area contributed by atoms with Crippen molar-refractivity contribution in [2.24, 2.45) is 0 Å². The Balaban J connectivity index is 1.43. The number of nitrogens with zero attached hydrogens (tertiary/aromatic N) is 4. The van der Waals surface area contributed by atoms with Gasteiger partial charge in [-0.15, -0.1) is 5.10 Å². The molecule has 0 aliphatic carbocycles. The third kappa shape index (κ3) is 4.72. The number of pyridine rings is 1. The van der Waals surface area contributed by atoms with Crippen molar-refractivity contribution in [2.75, 3.05) is 5.75 Å². The highest BCUT2D eigenvalue weighted by molar-refractivity contribution is 8.22. The van der Waals surface area contributed by atoms with Crippen LogP contribution in [-0.4, -0.2) is 35.7 Å². The molecule has 0 atom stereocenters. The average Bonchev–Trinajstić information content (AvgIpc) is 3.19. The SMILES string of the molecule is O=C(CCSC(=S)NCc1cccnc1)c1c(-c2ccccc2)nn2ncccc12. The molecule has 3 heterocycles. The fraction of sp³-hybridized carbons (Fsp3) is 0.136. The molecular formula is C22H19N5OS2. The summed E-state index contributed by atoms with van der Waals surface area (Å²) >= 11 is 6.84. The van der Waals surface area contributed by atoms with Crippen molar-refractivity contribution in [3.8, 4) is 11.3 Å². The zero-order chi connectivity index (χ0) is 20.8. The van der Waals surface area contributed by atoms with E-state index in [0.29, 0.717) is 39.8 Å². The van der Waals surface area contributed by atoms with Crippen LogP contribution in [-0.2, 0) is 6.54 Å². The molecule has 1 N–H and O–H groups in total. The molecule has 0 spiro atoms. The minimum absolute atomic E-state index is 0.0272.